The van der Waals surface area contributed by atoms with Gasteiger partial charge in [0.05, 0.1) is 12.4 Å². The molecule has 3 nitrogen and oxygen atoms in total. The maximum absolute atomic E-state index is 13.5. The van der Waals surface area contributed by atoms with Crippen molar-refractivity contribution >= 4 is 19.7 Å². The van der Waals surface area contributed by atoms with Gasteiger partial charge in [0.1, 0.15) is 0 Å². The zero-order valence-electron chi connectivity index (χ0n) is 11.1. The molecular formula is C15H14ClFO3S. The van der Waals surface area contributed by atoms with Gasteiger partial charge in [0.2, 0.25) is 9.05 Å². The summed E-state index contributed by atoms with van der Waals surface area (Å²) in [6.07, 6.45) is 0. The second-order valence-electron chi connectivity index (χ2n) is 4.55. The molecule has 0 bridgehead atoms. The highest BCUT2D eigenvalue weighted by Gasteiger charge is 2.20. The standard InChI is InChI=1S/C15H14ClFO3S/c16-21(18,19)11-13(12-6-2-1-3-7-12)10-20-15-9-5-4-8-14(15)17/h1-9,13H,10-11H2. The lowest BCUT2D eigenvalue weighted by molar-refractivity contribution is 0.282. The lowest BCUT2D eigenvalue weighted by atomic mass is 10.0. The summed E-state index contributed by atoms with van der Waals surface area (Å²) in [5.74, 6) is -1.13. The number of para-hydroxylation sites is 1. The highest BCUT2D eigenvalue weighted by atomic mass is 35.7. The van der Waals surface area contributed by atoms with E-state index < -0.39 is 20.8 Å². The first-order chi connectivity index (χ1) is 9.96. The number of halogens is 2. The van der Waals surface area contributed by atoms with Gasteiger partial charge in [-0.2, -0.15) is 0 Å². The second-order valence-corrected chi connectivity index (χ2v) is 7.38. The Labute approximate surface area is 127 Å². The third-order valence-corrected chi connectivity index (χ3v) is 4.13. The number of benzene rings is 2. The Bertz CT molecular complexity index is 689. The van der Waals surface area contributed by atoms with E-state index in [4.69, 9.17) is 15.4 Å². The molecule has 0 aliphatic heterocycles. The van der Waals surface area contributed by atoms with Crippen molar-refractivity contribution in [3.05, 3.63) is 66.0 Å². The van der Waals surface area contributed by atoms with Crippen LogP contribution >= 0.6 is 10.7 Å². The van der Waals surface area contributed by atoms with Gasteiger partial charge in [-0.25, -0.2) is 12.8 Å². The summed E-state index contributed by atoms with van der Waals surface area (Å²) < 4.78 is 41.6. The molecule has 6 heteroatoms. The molecule has 2 aromatic rings. The van der Waals surface area contributed by atoms with Crippen LogP contribution in [0, 0.1) is 5.82 Å². The van der Waals surface area contributed by atoms with Crippen LogP contribution in [-0.2, 0) is 9.05 Å². The zero-order chi connectivity index (χ0) is 15.3. The lowest BCUT2D eigenvalue weighted by Gasteiger charge is -2.17. The average molecular weight is 329 g/mol. The largest absolute Gasteiger partial charge is 0.490 e. The molecule has 0 saturated heterocycles. The molecule has 0 N–H and O–H groups in total. The Morgan fingerprint density at radius 3 is 2.29 bits per heavy atom. The highest BCUT2D eigenvalue weighted by Crippen LogP contribution is 2.23. The van der Waals surface area contributed by atoms with Crippen molar-refractivity contribution in [1.29, 1.82) is 0 Å². The first-order valence-electron chi connectivity index (χ1n) is 6.30. The molecule has 0 aliphatic rings. The Kier molecular flexibility index (Phi) is 5.20. The average Bonchev–Trinajstić information content (AvgIpc) is 2.45. The molecule has 0 amide bonds. The van der Waals surface area contributed by atoms with Gasteiger partial charge in [-0.05, 0) is 17.7 Å². The molecule has 0 fully saturated rings. The predicted octanol–water partition coefficient (Wildman–Crippen LogP) is 3.56. The summed E-state index contributed by atoms with van der Waals surface area (Å²) in [7, 11) is 1.65. The lowest BCUT2D eigenvalue weighted by Crippen LogP contribution is -2.18. The van der Waals surface area contributed by atoms with Crippen molar-refractivity contribution in [2.45, 2.75) is 5.92 Å². The topological polar surface area (TPSA) is 43.4 Å². The fourth-order valence-electron chi connectivity index (χ4n) is 1.96. The molecule has 2 rings (SSSR count). The maximum atomic E-state index is 13.5. The number of hydrogen-bond acceptors (Lipinski definition) is 3. The van der Waals surface area contributed by atoms with Crippen molar-refractivity contribution in [3.8, 4) is 5.75 Å². The Hall–Kier alpha value is -1.59. The van der Waals surface area contributed by atoms with E-state index in [1.165, 1.54) is 12.1 Å². The van der Waals surface area contributed by atoms with E-state index in [0.717, 1.165) is 5.56 Å². The van der Waals surface area contributed by atoms with Gasteiger partial charge in [-0.1, -0.05) is 42.5 Å². The van der Waals surface area contributed by atoms with Gasteiger partial charge in [-0.3, -0.25) is 0 Å². The van der Waals surface area contributed by atoms with Crippen molar-refractivity contribution in [2.24, 2.45) is 0 Å². The van der Waals surface area contributed by atoms with Gasteiger partial charge in [-0.15, -0.1) is 0 Å². The molecule has 112 valence electrons. The molecule has 1 atom stereocenters. The third kappa shape index (κ3) is 5.02. The van der Waals surface area contributed by atoms with Crippen LogP contribution in [0.2, 0.25) is 0 Å². The Morgan fingerprint density at radius 2 is 1.67 bits per heavy atom. The van der Waals surface area contributed by atoms with E-state index in [-0.39, 0.29) is 18.1 Å². The third-order valence-electron chi connectivity index (χ3n) is 2.95. The fraction of sp³-hybridized carbons (Fsp3) is 0.200. The van der Waals surface area contributed by atoms with Gasteiger partial charge < -0.3 is 4.74 Å². The van der Waals surface area contributed by atoms with Crippen LogP contribution in [-0.4, -0.2) is 20.8 Å². The zero-order valence-corrected chi connectivity index (χ0v) is 12.6. The minimum absolute atomic E-state index is 0.0247. The van der Waals surface area contributed by atoms with Crippen LogP contribution in [0.15, 0.2) is 54.6 Å². The van der Waals surface area contributed by atoms with Crippen LogP contribution in [0.4, 0.5) is 4.39 Å². The van der Waals surface area contributed by atoms with Crippen LogP contribution < -0.4 is 4.74 Å². The first kappa shape index (κ1) is 15.8. The number of ether oxygens (including phenoxy) is 1. The minimum Gasteiger partial charge on any atom is -0.490 e. The van der Waals surface area contributed by atoms with Gasteiger partial charge in [0.15, 0.2) is 11.6 Å². The van der Waals surface area contributed by atoms with Crippen LogP contribution in [0.3, 0.4) is 0 Å². The molecule has 1 unspecified atom stereocenters. The normalized spacial score (nSPS) is 12.9. The molecule has 0 heterocycles. The first-order valence-corrected chi connectivity index (χ1v) is 8.78. The molecule has 0 radical (unpaired) electrons. The summed E-state index contributed by atoms with van der Waals surface area (Å²) in [5.41, 5.74) is 0.776. The summed E-state index contributed by atoms with van der Waals surface area (Å²) in [5, 5.41) is 0. The van der Waals surface area contributed by atoms with E-state index in [9.17, 15) is 12.8 Å². The second kappa shape index (κ2) is 6.91. The van der Waals surface area contributed by atoms with Crippen molar-refractivity contribution in [1.82, 2.24) is 0 Å². The quantitative estimate of drug-likeness (QED) is 0.762. The van der Waals surface area contributed by atoms with Crippen molar-refractivity contribution < 1.29 is 17.5 Å². The SMILES string of the molecule is O=S(=O)(Cl)CC(COc1ccccc1F)c1ccccc1. The monoisotopic (exact) mass is 328 g/mol. The van der Waals surface area contributed by atoms with Crippen molar-refractivity contribution in [3.63, 3.8) is 0 Å². The van der Waals surface area contributed by atoms with Gasteiger partial charge in [0, 0.05) is 16.6 Å². The van der Waals surface area contributed by atoms with Crippen LogP contribution in [0.25, 0.3) is 0 Å². The van der Waals surface area contributed by atoms with Crippen LogP contribution in [0.5, 0.6) is 5.75 Å². The highest BCUT2D eigenvalue weighted by molar-refractivity contribution is 8.13. The van der Waals surface area contributed by atoms with E-state index in [1.54, 1.807) is 36.4 Å². The summed E-state index contributed by atoms with van der Waals surface area (Å²) >= 11 is 0. The maximum Gasteiger partial charge on any atom is 0.233 e. The van der Waals surface area contributed by atoms with Crippen LogP contribution in [0.1, 0.15) is 11.5 Å². The predicted molar refractivity (Wildman–Crippen MR) is 80.7 cm³/mol. The molecule has 0 aliphatic carbocycles. The van der Waals surface area contributed by atoms with E-state index in [0.29, 0.717) is 0 Å². The summed E-state index contributed by atoms with van der Waals surface area (Å²) in [6.45, 7) is 0.0247. The molecule has 0 saturated carbocycles. The number of hydrogen-bond donors (Lipinski definition) is 0. The molecule has 21 heavy (non-hydrogen) atoms. The van der Waals surface area contributed by atoms with Crippen molar-refractivity contribution in [2.75, 3.05) is 12.4 Å². The van der Waals surface area contributed by atoms with Gasteiger partial charge in [0.25, 0.3) is 0 Å². The Balaban J connectivity index is 2.15. The molecule has 2 aromatic carbocycles. The smallest absolute Gasteiger partial charge is 0.233 e. The molecule has 0 aromatic heterocycles. The molecule has 0 spiro atoms. The summed E-state index contributed by atoms with van der Waals surface area (Å²) in [4.78, 5) is 0. The van der Waals surface area contributed by atoms with E-state index in [2.05, 4.69) is 0 Å². The molecular weight excluding hydrogens is 315 g/mol. The Morgan fingerprint density at radius 1 is 1.05 bits per heavy atom. The summed E-state index contributed by atoms with van der Waals surface area (Å²) in [6, 6.07) is 15.0. The van der Waals surface area contributed by atoms with E-state index >= 15 is 0 Å². The van der Waals surface area contributed by atoms with E-state index in [1.807, 2.05) is 6.07 Å². The minimum atomic E-state index is -3.69. The fourth-order valence-corrected chi connectivity index (χ4v) is 3.18. The number of rotatable bonds is 6. The van der Waals surface area contributed by atoms with Gasteiger partial charge >= 0.3 is 0 Å².